The molecule has 0 bridgehead atoms. The Bertz CT molecular complexity index is 776. The van der Waals surface area contributed by atoms with Gasteiger partial charge in [0.05, 0.1) is 24.4 Å². The summed E-state index contributed by atoms with van der Waals surface area (Å²) in [5, 5.41) is 20.7. The number of aliphatic hydroxyl groups is 2. The Balaban J connectivity index is 1.36. The monoisotopic (exact) mass is 428 g/mol. The maximum Gasteiger partial charge on any atom is 0.0895 e. The summed E-state index contributed by atoms with van der Waals surface area (Å²) < 4.78 is 5.84. The lowest BCUT2D eigenvalue weighted by Crippen LogP contribution is -2.63. The number of hydrogen-bond donors (Lipinski definition) is 2. The summed E-state index contributed by atoms with van der Waals surface area (Å²) in [6, 6.07) is 0. The first-order valence-electron chi connectivity index (χ1n) is 13.0. The van der Waals surface area contributed by atoms with Crippen molar-refractivity contribution < 1.29 is 14.9 Å². The van der Waals surface area contributed by atoms with E-state index >= 15 is 0 Å². The molecule has 3 heteroatoms. The van der Waals surface area contributed by atoms with E-state index in [1.807, 2.05) is 13.8 Å². The first-order chi connectivity index (χ1) is 14.6. The molecule has 0 amide bonds. The van der Waals surface area contributed by atoms with Crippen LogP contribution in [0.15, 0.2) is 23.3 Å². The van der Waals surface area contributed by atoms with Gasteiger partial charge in [0.15, 0.2) is 0 Å². The third-order valence-electron chi connectivity index (χ3n) is 10.7. The zero-order chi connectivity index (χ0) is 22.2. The van der Waals surface area contributed by atoms with Gasteiger partial charge in [0.25, 0.3) is 0 Å². The Labute approximate surface area is 189 Å². The summed E-state index contributed by atoms with van der Waals surface area (Å²) in [5.41, 5.74) is 3.28. The molecule has 0 aromatic rings. The molecule has 31 heavy (non-hydrogen) atoms. The van der Waals surface area contributed by atoms with Crippen molar-refractivity contribution in [1.82, 2.24) is 0 Å². The highest BCUT2D eigenvalue weighted by atomic mass is 16.5. The van der Waals surface area contributed by atoms with Gasteiger partial charge in [0, 0.05) is 11.3 Å². The Morgan fingerprint density at radius 2 is 1.94 bits per heavy atom. The molecule has 2 N–H and O–H groups in total. The highest BCUT2D eigenvalue weighted by molar-refractivity contribution is 5.41. The SMILES string of the molecule is C[C@H](CCCC(C)(C)O)[C@H]1CCC2C3=CC=C4C[C@@H](O)[C@@H]5OC[C@@H]5[C@]4(C)C3CC[C@@]21C. The molecule has 174 valence electrons. The Morgan fingerprint density at radius 3 is 2.61 bits per heavy atom. The molecule has 3 nitrogen and oxygen atoms in total. The second kappa shape index (κ2) is 7.43. The van der Waals surface area contributed by atoms with E-state index in [1.165, 1.54) is 37.7 Å². The normalized spacial score (nSPS) is 47.2. The van der Waals surface area contributed by atoms with Crippen molar-refractivity contribution in [2.75, 3.05) is 6.61 Å². The number of rotatable bonds is 5. The third-order valence-corrected chi connectivity index (χ3v) is 10.7. The van der Waals surface area contributed by atoms with Crippen molar-refractivity contribution in [2.45, 2.75) is 104 Å². The van der Waals surface area contributed by atoms with Crippen molar-refractivity contribution in [3.05, 3.63) is 23.3 Å². The molecular formula is C28H44O3. The van der Waals surface area contributed by atoms with Crippen molar-refractivity contribution in [3.63, 3.8) is 0 Å². The lowest BCUT2D eigenvalue weighted by atomic mass is 9.46. The molecule has 0 spiro atoms. The average Bonchev–Trinajstić information content (AvgIpc) is 2.98. The summed E-state index contributed by atoms with van der Waals surface area (Å²) in [7, 11) is 0. The van der Waals surface area contributed by atoms with Crippen LogP contribution in [-0.4, -0.2) is 34.6 Å². The minimum Gasteiger partial charge on any atom is -0.390 e. The highest BCUT2D eigenvalue weighted by Crippen LogP contribution is 2.68. The van der Waals surface area contributed by atoms with E-state index in [2.05, 4.69) is 32.9 Å². The van der Waals surface area contributed by atoms with Gasteiger partial charge in [0.1, 0.15) is 0 Å². The van der Waals surface area contributed by atoms with Crippen LogP contribution >= 0.6 is 0 Å². The Hall–Kier alpha value is -0.640. The molecule has 1 aliphatic heterocycles. The van der Waals surface area contributed by atoms with Gasteiger partial charge >= 0.3 is 0 Å². The number of aliphatic hydroxyl groups excluding tert-OH is 1. The quantitative estimate of drug-likeness (QED) is 0.594. The second-order valence-electron chi connectivity index (χ2n) is 12.8. The fourth-order valence-electron chi connectivity index (χ4n) is 8.83. The number of allylic oxidation sites excluding steroid dienone is 3. The molecule has 3 saturated carbocycles. The molecule has 4 aliphatic carbocycles. The predicted molar refractivity (Wildman–Crippen MR) is 124 cm³/mol. The van der Waals surface area contributed by atoms with E-state index in [0.717, 1.165) is 37.7 Å². The number of fused-ring (bicyclic) bond motifs is 7. The summed E-state index contributed by atoms with van der Waals surface area (Å²) in [6.07, 6.45) is 14.0. The minimum absolute atomic E-state index is 0.0573. The van der Waals surface area contributed by atoms with Crippen LogP contribution in [0.5, 0.6) is 0 Å². The van der Waals surface area contributed by atoms with Gasteiger partial charge in [-0.1, -0.05) is 56.9 Å². The fraction of sp³-hybridized carbons (Fsp3) is 0.857. The maximum atomic E-state index is 10.6. The molecule has 9 atom stereocenters. The van der Waals surface area contributed by atoms with Crippen LogP contribution in [0.2, 0.25) is 0 Å². The minimum atomic E-state index is -0.539. The predicted octanol–water partition coefficient (Wildman–Crippen LogP) is 5.66. The number of hydrogen-bond acceptors (Lipinski definition) is 3. The van der Waals surface area contributed by atoms with E-state index in [9.17, 15) is 10.2 Å². The Morgan fingerprint density at radius 1 is 1.16 bits per heavy atom. The third kappa shape index (κ3) is 3.32. The van der Waals surface area contributed by atoms with Crippen LogP contribution in [0.25, 0.3) is 0 Å². The van der Waals surface area contributed by atoms with Crippen LogP contribution in [-0.2, 0) is 4.74 Å². The zero-order valence-electron chi connectivity index (χ0n) is 20.4. The van der Waals surface area contributed by atoms with Gasteiger partial charge in [-0.2, -0.15) is 0 Å². The first-order valence-corrected chi connectivity index (χ1v) is 13.0. The summed E-state index contributed by atoms with van der Waals surface area (Å²) in [5.74, 6) is 3.37. The maximum absolute atomic E-state index is 10.6. The van der Waals surface area contributed by atoms with Crippen molar-refractivity contribution in [1.29, 1.82) is 0 Å². The van der Waals surface area contributed by atoms with Crippen molar-refractivity contribution >= 4 is 0 Å². The molecule has 1 saturated heterocycles. The van der Waals surface area contributed by atoms with Crippen LogP contribution < -0.4 is 0 Å². The van der Waals surface area contributed by atoms with Gasteiger partial charge in [-0.05, 0) is 81.5 Å². The average molecular weight is 429 g/mol. The number of ether oxygens (including phenoxy) is 1. The van der Waals surface area contributed by atoms with E-state index < -0.39 is 5.60 Å². The Kier molecular flexibility index (Phi) is 5.32. The van der Waals surface area contributed by atoms with Crippen LogP contribution in [0.1, 0.15) is 86.0 Å². The molecule has 0 aromatic heterocycles. The van der Waals surface area contributed by atoms with Crippen molar-refractivity contribution in [3.8, 4) is 0 Å². The molecule has 4 fully saturated rings. The van der Waals surface area contributed by atoms with E-state index in [1.54, 1.807) is 5.57 Å². The second-order valence-corrected chi connectivity index (χ2v) is 12.8. The molecular weight excluding hydrogens is 384 g/mol. The molecule has 0 aromatic carbocycles. The van der Waals surface area contributed by atoms with E-state index in [0.29, 0.717) is 23.2 Å². The zero-order valence-corrected chi connectivity index (χ0v) is 20.4. The molecule has 1 heterocycles. The molecule has 2 unspecified atom stereocenters. The standard InChI is InChI=1S/C28H44O3/c1-17(7-6-13-26(2,3)30)20-10-11-21-19-9-8-18-15-24(29)25-23(16-31-25)28(18,5)22(19)12-14-27(20,21)4/h8-9,17,20-25,29-30H,6-7,10-16H2,1-5H3/t17-,20-,21?,22?,23+,24-,25-,27-,28+/m1/s1. The summed E-state index contributed by atoms with van der Waals surface area (Å²) >= 11 is 0. The van der Waals surface area contributed by atoms with E-state index in [-0.39, 0.29) is 17.6 Å². The topological polar surface area (TPSA) is 49.7 Å². The van der Waals surface area contributed by atoms with Gasteiger partial charge in [0.2, 0.25) is 0 Å². The molecule has 0 radical (unpaired) electrons. The summed E-state index contributed by atoms with van der Waals surface area (Å²) in [4.78, 5) is 0. The van der Waals surface area contributed by atoms with Gasteiger partial charge < -0.3 is 14.9 Å². The largest absolute Gasteiger partial charge is 0.390 e. The lowest BCUT2D eigenvalue weighted by Gasteiger charge is -2.62. The van der Waals surface area contributed by atoms with Crippen molar-refractivity contribution in [2.24, 2.45) is 40.4 Å². The van der Waals surface area contributed by atoms with E-state index in [4.69, 9.17) is 4.74 Å². The first kappa shape index (κ1) is 22.2. The van der Waals surface area contributed by atoms with Gasteiger partial charge in [-0.15, -0.1) is 0 Å². The fourth-order valence-corrected chi connectivity index (χ4v) is 8.83. The van der Waals surface area contributed by atoms with Crippen LogP contribution in [0, 0.1) is 40.4 Å². The van der Waals surface area contributed by atoms with Gasteiger partial charge in [-0.3, -0.25) is 0 Å². The molecule has 5 aliphatic rings. The molecule has 5 rings (SSSR count). The lowest BCUT2D eigenvalue weighted by molar-refractivity contribution is -0.223. The van der Waals surface area contributed by atoms with Crippen LogP contribution in [0.4, 0.5) is 0 Å². The van der Waals surface area contributed by atoms with Crippen LogP contribution in [0.3, 0.4) is 0 Å². The van der Waals surface area contributed by atoms with Gasteiger partial charge in [-0.25, -0.2) is 0 Å². The summed E-state index contributed by atoms with van der Waals surface area (Å²) in [6.45, 7) is 12.3. The highest BCUT2D eigenvalue weighted by Gasteiger charge is 2.62. The smallest absolute Gasteiger partial charge is 0.0895 e.